The number of carboxylic acids is 1. The van der Waals surface area contributed by atoms with Crippen LogP contribution in [0.1, 0.15) is 12.8 Å². The van der Waals surface area contributed by atoms with Crippen molar-refractivity contribution in [3.05, 3.63) is 0 Å². The van der Waals surface area contributed by atoms with Crippen LogP contribution >= 0.6 is 0 Å². The minimum atomic E-state index is -1.08. The number of likely N-dealkylation sites (tertiary alicyclic amines) is 1. The van der Waals surface area contributed by atoms with E-state index < -0.39 is 18.1 Å². The summed E-state index contributed by atoms with van der Waals surface area (Å²) in [5.74, 6) is -1.26. The van der Waals surface area contributed by atoms with E-state index in [2.05, 4.69) is 5.32 Å². The van der Waals surface area contributed by atoms with Gasteiger partial charge in [0.05, 0.1) is 13.2 Å². The van der Waals surface area contributed by atoms with E-state index in [1.807, 2.05) is 0 Å². The minimum absolute atomic E-state index is 0.0190. The van der Waals surface area contributed by atoms with Gasteiger partial charge in [0.1, 0.15) is 6.04 Å². The Hall–Kier alpha value is -1.83. The molecule has 2 heterocycles. The Morgan fingerprint density at radius 2 is 2.05 bits per heavy atom. The molecule has 2 saturated heterocycles. The second kappa shape index (κ2) is 6.08. The Balaban J connectivity index is 2.02. The lowest BCUT2D eigenvalue weighted by molar-refractivity contribution is -0.154. The van der Waals surface area contributed by atoms with Crippen molar-refractivity contribution < 1.29 is 24.2 Å². The van der Waals surface area contributed by atoms with Crippen LogP contribution in [-0.4, -0.2) is 78.2 Å². The average molecular weight is 285 g/mol. The van der Waals surface area contributed by atoms with E-state index in [0.29, 0.717) is 19.5 Å². The van der Waals surface area contributed by atoms with Gasteiger partial charge in [0, 0.05) is 20.1 Å². The van der Waals surface area contributed by atoms with Crippen LogP contribution in [0.4, 0.5) is 4.79 Å². The summed E-state index contributed by atoms with van der Waals surface area (Å²) in [6.07, 6.45) is 0.419. The zero-order chi connectivity index (χ0) is 14.7. The first-order valence-electron chi connectivity index (χ1n) is 6.66. The molecule has 0 aliphatic carbocycles. The van der Waals surface area contributed by atoms with Gasteiger partial charge in [-0.1, -0.05) is 0 Å². The molecule has 2 fully saturated rings. The van der Waals surface area contributed by atoms with Gasteiger partial charge in [0.2, 0.25) is 5.91 Å². The third-order valence-electron chi connectivity index (χ3n) is 3.66. The third-order valence-corrected chi connectivity index (χ3v) is 3.66. The summed E-state index contributed by atoms with van der Waals surface area (Å²) in [6.45, 7) is 1.08. The summed E-state index contributed by atoms with van der Waals surface area (Å²) in [4.78, 5) is 38.1. The van der Waals surface area contributed by atoms with Crippen LogP contribution in [-0.2, 0) is 14.3 Å². The molecule has 0 aromatic carbocycles. The summed E-state index contributed by atoms with van der Waals surface area (Å²) in [7, 11) is 1.54. The molecule has 2 unspecified atom stereocenters. The number of ether oxygens (including phenoxy) is 1. The lowest BCUT2D eigenvalue weighted by Gasteiger charge is -2.35. The second-order valence-electron chi connectivity index (χ2n) is 4.89. The molecule has 0 saturated carbocycles. The summed E-state index contributed by atoms with van der Waals surface area (Å²) in [5, 5.41) is 11.5. The maximum Gasteiger partial charge on any atom is 0.334 e. The number of rotatable bonds is 2. The molecule has 2 atom stereocenters. The molecule has 2 rings (SSSR count). The number of hydrogen-bond donors (Lipinski definition) is 2. The second-order valence-corrected chi connectivity index (χ2v) is 4.89. The zero-order valence-electron chi connectivity index (χ0n) is 11.4. The number of likely N-dealkylation sites (N-methyl/N-ethyl adjacent to an activating group) is 1. The van der Waals surface area contributed by atoms with Gasteiger partial charge in [-0.3, -0.25) is 4.79 Å². The van der Waals surface area contributed by atoms with Crippen LogP contribution in [0.3, 0.4) is 0 Å². The first-order chi connectivity index (χ1) is 9.54. The molecule has 112 valence electrons. The van der Waals surface area contributed by atoms with Gasteiger partial charge < -0.3 is 25.0 Å². The lowest BCUT2D eigenvalue weighted by Crippen LogP contribution is -2.55. The Morgan fingerprint density at radius 3 is 2.70 bits per heavy atom. The summed E-state index contributed by atoms with van der Waals surface area (Å²) < 4.78 is 5.09. The van der Waals surface area contributed by atoms with E-state index in [-0.39, 0.29) is 25.1 Å². The van der Waals surface area contributed by atoms with E-state index in [1.165, 1.54) is 9.80 Å². The number of hydrogen-bond acceptors (Lipinski definition) is 4. The molecule has 20 heavy (non-hydrogen) atoms. The van der Waals surface area contributed by atoms with E-state index in [1.54, 1.807) is 7.05 Å². The number of amides is 3. The van der Waals surface area contributed by atoms with Gasteiger partial charge in [-0.05, 0) is 12.8 Å². The maximum atomic E-state index is 12.4. The fourth-order valence-corrected chi connectivity index (χ4v) is 2.59. The van der Waals surface area contributed by atoms with Crippen molar-refractivity contribution in [2.24, 2.45) is 0 Å². The summed E-state index contributed by atoms with van der Waals surface area (Å²) in [6, 6.07) is -0.746. The first kappa shape index (κ1) is 14.6. The molecule has 8 heteroatoms. The van der Waals surface area contributed by atoms with Crippen LogP contribution in [0, 0.1) is 0 Å². The van der Waals surface area contributed by atoms with E-state index in [9.17, 15) is 14.4 Å². The molecule has 2 aliphatic heterocycles. The van der Waals surface area contributed by atoms with Crippen LogP contribution in [0.25, 0.3) is 0 Å². The molecule has 0 aromatic heterocycles. The fourth-order valence-electron chi connectivity index (χ4n) is 2.59. The zero-order valence-corrected chi connectivity index (χ0v) is 11.4. The predicted molar refractivity (Wildman–Crippen MR) is 68.1 cm³/mol. The van der Waals surface area contributed by atoms with Crippen molar-refractivity contribution in [3.63, 3.8) is 0 Å². The number of morpholine rings is 1. The standard InChI is InChI=1S/C12H19N3O5/c1-13-10(16)8-3-2-4-15(8)12(19)14-5-6-20-9(7-14)11(17)18/h8-9H,2-7H2,1H3,(H,13,16)(H,17,18). The quantitative estimate of drug-likeness (QED) is 0.685. The minimum Gasteiger partial charge on any atom is -0.479 e. The molecular formula is C12H19N3O5. The maximum absolute atomic E-state index is 12.4. The topological polar surface area (TPSA) is 99.2 Å². The molecule has 2 N–H and O–H groups in total. The van der Waals surface area contributed by atoms with Gasteiger partial charge >= 0.3 is 12.0 Å². The van der Waals surface area contributed by atoms with Gasteiger partial charge in [-0.2, -0.15) is 0 Å². The number of urea groups is 1. The van der Waals surface area contributed by atoms with Gasteiger partial charge in [0.25, 0.3) is 0 Å². The molecule has 0 bridgehead atoms. The molecular weight excluding hydrogens is 266 g/mol. The SMILES string of the molecule is CNC(=O)C1CCCN1C(=O)N1CCOC(C(=O)O)C1. The van der Waals surface area contributed by atoms with Gasteiger partial charge in [-0.15, -0.1) is 0 Å². The third kappa shape index (κ3) is 2.84. The summed E-state index contributed by atoms with van der Waals surface area (Å²) in [5.41, 5.74) is 0. The van der Waals surface area contributed by atoms with Gasteiger partial charge in [0.15, 0.2) is 6.10 Å². The number of nitrogens with zero attached hydrogens (tertiary/aromatic N) is 2. The Labute approximate surface area is 116 Å². The monoisotopic (exact) mass is 285 g/mol. The molecule has 0 radical (unpaired) electrons. The van der Waals surface area contributed by atoms with Crippen LogP contribution in [0.15, 0.2) is 0 Å². The number of carbonyl (C=O) groups is 3. The van der Waals surface area contributed by atoms with Crippen molar-refractivity contribution in [3.8, 4) is 0 Å². The van der Waals surface area contributed by atoms with Crippen LogP contribution in [0.5, 0.6) is 0 Å². The van der Waals surface area contributed by atoms with Crippen LogP contribution < -0.4 is 5.32 Å². The highest BCUT2D eigenvalue weighted by Gasteiger charge is 2.38. The van der Waals surface area contributed by atoms with Crippen LogP contribution in [0.2, 0.25) is 0 Å². The highest BCUT2D eigenvalue weighted by atomic mass is 16.5. The highest BCUT2D eigenvalue weighted by molar-refractivity contribution is 5.87. The number of aliphatic carboxylic acids is 1. The largest absolute Gasteiger partial charge is 0.479 e. The van der Waals surface area contributed by atoms with Crippen molar-refractivity contribution in [2.45, 2.75) is 25.0 Å². The summed E-state index contributed by atoms with van der Waals surface area (Å²) >= 11 is 0. The van der Waals surface area contributed by atoms with Gasteiger partial charge in [-0.25, -0.2) is 9.59 Å². The average Bonchev–Trinajstić information content (AvgIpc) is 2.95. The lowest BCUT2D eigenvalue weighted by atomic mass is 10.2. The van der Waals surface area contributed by atoms with Crippen molar-refractivity contribution in [1.29, 1.82) is 0 Å². The molecule has 8 nitrogen and oxygen atoms in total. The molecule has 0 aromatic rings. The predicted octanol–water partition coefficient (Wildman–Crippen LogP) is -0.898. The highest BCUT2D eigenvalue weighted by Crippen LogP contribution is 2.20. The van der Waals surface area contributed by atoms with E-state index >= 15 is 0 Å². The number of carbonyl (C=O) groups excluding carboxylic acids is 2. The Morgan fingerprint density at radius 1 is 1.30 bits per heavy atom. The normalized spacial score (nSPS) is 26.4. The smallest absolute Gasteiger partial charge is 0.334 e. The molecule has 0 spiro atoms. The van der Waals surface area contributed by atoms with Crippen molar-refractivity contribution in [1.82, 2.24) is 15.1 Å². The van der Waals surface area contributed by atoms with E-state index in [4.69, 9.17) is 9.84 Å². The first-order valence-corrected chi connectivity index (χ1v) is 6.66. The van der Waals surface area contributed by atoms with Crippen molar-refractivity contribution in [2.75, 3.05) is 33.3 Å². The number of nitrogens with one attached hydrogen (secondary N) is 1. The number of carboxylic acid groups (broad SMARTS) is 1. The Kier molecular flexibility index (Phi) is 4.43. The Bertz CT molecular complexity index is 414. The molecule has 3 amide bonds. The fraction of sp³-hybridized carbons (Fsp3) is 0.750. The van der Waals surface area contributed by atoms with Crippen molar-refractivity contribution >= 4 is 17.9 Å². The molecule has 2 aliphatic rings. The van der Waals surface area contributed by atoms with E-state index in [0.717, 1.165) is 6.42 Å².